The molecule has 0 aromatic carbocycles. The highest BCUT2D eigenvalue weighted by molar-refractivity contribution is 6.35. The first-order valence-electron chi connectivity index (χ1n) is 5.45. The fourth-order valence-electron chi connectivity index (χ4n) is 1.36. The maximum atomic E-state index is 11.0. The zero-order chi connectivity index (χ0) is 13.7. The van der Waals surface area contributed by atoms with Gasteiger partial charge in [-0.15, -0.1) is 0 Å². The van der Waals surface area contributed by atoms with Gasteiger partial charge < -0.3 is 10.2 Å². The fourth-order valence-corrected chi connectivity index (χ4v) is 1.36. The van der Waals surface area contributed by atoms with Crippen LogP contribution in [0.15, 0.2) is 52.2 Å². The minimum atomic E-state index is 0.145. The molecule has 2 aromatic rings. The minimum absolute atomic E-state index is 0.145. The number of carbonyl (C=O) groups is 1. The van der Waals surface area contributed by atoms with Gasteiger partial charge in [0, 0.05) is 6.20 Å². The van der Waals surface area contributed by atoms with Crippen LogP contribution in [0.2, 0.25) is 0 Å². The molecule has 2 aromatic heterocycles. The molecule has 92 valence electrons. The van der Waals surface area contributed by atoms with E-state index >= 15 is 0 Å². The molecule has 2 heterocycles. The second kappa shape index (κ2) is 5.81. The third-order valence-electron chi connectivity index (χ3n) is 2.24. The van der Waals surface area contributed by atoms with Crippen molar-refractivity contribution in [1.29, 1.82) is 0 Å². The number of aromatic nitrogens is 1. The Kier molecular flexibility index (Phi) is 3.92. The number of hydrogen-bond donors (Lipinski definition) is 1. The molecule has 2 N–H and O–H groups in total. The van der Waals surface area contributed by atoms with Crippen molar-refractivity contribution >= 4 is 36.8 Å². The third-order valence-corrected chi connectivity index (χ3v) is 2.24. The van der Waals surface area contributed by atoms with Crippen LogP contribution in [0.1, 0.15) is 5.76 Å². The van der Waals surface area contributed by atoms with Gasteiger partial charge in [-0.25, -0.2) is 9.98 Å². The van der Waals surface area contributed by atoms with Crippen LogP contribution in [0.3, 0.4) is 0 Å². The Bertz CT molecular complexity index is 616. The van der Waals surface area contributed by atoms with E-state index in [0.717, 1.165) is 0 Å². The number of carbonyl (C=O) groups excluding carboxylic acids is 1. The van der Waals surface area contributed by atoms with E-state index < -0.39 is 0 Å². The summed E-state index contributed by atoms with van der Waals surface area (Å²) in [5, 5.41) is 0. The molecule has 0 saturated carbocycles. The van der Waals surface area contributed by atoms with E-state index in [-0.39, 0.29) is 5.71 Å². The number of aliphatic imine (C=N–C) groups is 1. The first-order chi connectivity index (χ1) is 9.19. The largest absolute Gasteiger partial charge is 0.463 e. The van der Waals surface area contributed by atoms with Gasteiger partial charge in [0.2, 0.25) is 0 Å². The van der Waals surface area contributed by atoms with E-state index in [1.807, 2.05) is 0 Å². The van der Waals surface area contributed by atoms with Crippen molar-refractivity contribution in [3.63, 3.8) is 0 Å². The summed E-state index contributed by atoms with van der Waals surface area (Å²) in [6.07, 6.45) is 4.97. The highest BCUT2D eigenvalue weighted by atomic mass is 16.3. The zero-order valence-electron chi connectivity index (χ0n) is 9.98. The molecule has 0 fully saturated rings. The van der Waals surface area contributed by atoms with Crippen molar-refractivity contribution in [3.8, 4) is 0 Å². The van der Waals surface area contributed by atoms with E-state index in [2.05, 4.69) is 9.98 Å². The van der Waals surface area contributed by atoms with Gasteiger partial charge in [0.25, 0.3) is 0 Å². The maximum absolute atomic E-state index is 11.0. The molecule has 0 aliphatic rings. The van der Waals surface area contributed by atoms with Crippen molar-refractivity contribution in [3.05, 3.63) is 48.6 Å². The van der Waals surface area contributed by atoms with Crippen LogP contribution in [0.25, 0.3) is 5.70 Å². The lowest BCUT2D eigenvalue weighted by atomic mass is 9.99. The van der Waals surface area contributed by atoms with Crippen LogP contribution in [-0.4, -0.2) is 24.8 Å². The molecule has 0 aliphatic heterocycles. The standard InChI is InChI=1S/C13H10BN3O2/c14-9-3-4-13(16-7-9)17-10(8-18)6-11(15)12-2-1-5-19-12/h1-8H,15H2/b11-6-,17-10?. The van der Waals surface area contributed by atoms with Crippen LogP contribution < -0.4 is 11.2 Å². The topological polar surface area (TPSA) is 81.5 Å². The Hall–Kier alpha value is -2.63. The number of hydrogen-bond acceptors (Lipinski definition) is 5. The van der Waals surface area contributed by atoms with E-state index in [4.69, 9.17) is 18.0 Å². The van der Waals surface area contributed by atoms with Crippen molar-refractivity contribution in [1.82, 2.24) is 4.98 Å². The molecule has 6 heteroatoms. The van der Waals surface area contributed by atoms with Crippen molar-refractivity contribution in [2.45, 2.75) is 0 Å². The normalized spacial score (nSPS) is 12.4. The monoisotopic (exact) mass is 251 g/mol. The number of nitrogens with zero attached hydrogens (tertiary/aromatic N) is 2. The molecule has 19 heavy (non-hydrogen) atoms. The summed E-state index contributed by atoms with van der Waals surface area (Å²) in [6, 6.07) is 6.65. The summed E-state index contributed by atoms with van der Waals surface area (Å²) >= 11 is 0. The van der Waals surface area contributed by atoms with Crippen molar-refractivity contribution in [2.24, 2.45) is 10.7 Å². The molecule has 2 rings (SSSR count). The highest BCUT2D eigenvalue weighted by Crippen LogP contribution is 2.10. The van der Waals surface area contributed by atoms with Gasteiger partial charge >= 0.3 is 0 Å². The number of aldehydes is 1. The molecule has 0 aliphatic carbocycles. The molecule has 5 nitrogen and oxygen atoms in total. The van der Waals surface area contributed by atoms with Crippen molar-refractivity contribution < 1.29 is 9.21 Å². The number of nitrogens with two attached hydrogens (primary N) is 1. The van der Waals surface area contributed by atoms with E-state index in [1.165, 1.54) is 18.5 Å². The summed E-state index contributed by atoms with van der Waals surface area (Å²) in [6.45, 7) is 0. The molecule has 0 atom stereocenters. The van der Waals surface area contributed by atoms with Crippen LogP contribution in [0, 0.1) is 0 Å². The Balaban J connectivity index is 2.27. The molecule has 0 unspecified atom stereocenters. The van der Waals surface area contributed by atoms with Crippen LogP contribution >= 0.6 is 0 Å². The predicted molar refractivity (Wildman–Crippen MR) is 73.7 cm³/mol. The quantitative estimate of drug-likeness (QED) is 0.493. The lowest BCUT2D eigenvalue weighted by Crippen LogP contribution is -2.03. The Morgan fingerprint density at radius 1 is 1.42 bits per heavy atom. The van der Waals surface area contributed by atoms with Crippen LogP contribution in [0.4, 0.5) is 5.82 Å². The molecule has 0 bridgehead atoms. The van der Waals surface area contributed by atoms with Gasteiger partial charge in [-0.2, -0.15) is 0 Å². The average molecular weight is 251 g/mol. The van der Waals surface area contributed by atoms with E-state index in [1.54, 1.807) is 24.3 Å². The Labute approximate surface area is 111 Å². The molecule has 2 radical (unpaired) electrons. The van der Waals surface area contributed by atoms with Gasteiger partial charge in [-0.1, -0.05) is 11.5 Å². The molecular formula is C13H10BN3O2. The fraction of sp³-hybridized carbons (Fsp3) is 0. The SMILES string of the molecule is [B]c1ccc(N=C(C=O)/C=C(\N)c2ccco2)nc1. The van der Waals surface area contributed by atoms with E-state index in [9.17, 15) is 4.79 Å². The van der Waals surface area contributed by atoms with Gasteiger partial charge in [0.05, 0.1) is 12.0 Å². The van der Waals surface area contributed by atoms with Gasteiger partial charge in [0.15, 0.2) is 12.1 Å². The summed E-state index contributed by atoms with van der Waals surface area (Å²) in [4.78, 5) is 19.0. The summed E-state index contributed by atoms with van der Waals surface area (Å²) < 4.78 is 5.11. The lowest BCUT2D eigenvalue weighted by Gasteiger charge is -1.98. The van der Waals surface area contributed by atoms with E-state index in [0.29, 0.717) is 29.0 Å². The predicted octanol–water partition coefficient (Wildman–Crippen LogP) is 0.740. The molecule has 0 amide bonds. The zero-order valence-corrected chi connectivity index (χ0v) is 9.98. The summed E-state index contributed by atoms with van der Waals surface area (Å²) in [5.41, 5.74) is 6.76. The number of rotatable bonds is 4. The van der Waals surface area contributed by atoms with Crippen LogP contribution in [-0.2, 0) is 4.79 Å². The van der Waals surface area contributed by atoms with Gasteiger partial charge in [-0.05, 0) is 24.3 Å². The van der Waals surface area contributed by atoms with Gasteiger partial charge in [0.1, 0.15) is 19.3 Å². The second-order valence-corrected chi connectivity index (χ2v) is 3.68. The molecule has 0 saturated heterocycles. The first-order valence-corrected chi connectivity index (χ1v) is 5.45. The number of furan rings is 1. The van der Waals surface area contributed by atoms with Crippen LogP contribution in [0.5, 0.6) is 0 Å². The smallest absolute Gasteiger partial charge is 0.168 e. The number of allylic oxidation sites excluding steroid dienone is 1. The Morgan fingerprint density at radius 3 is 2.84 bits per heavy atom. The van der Waals surface area contributed by atoms with Crippen molar-refractivity contribution in [2.75, 3.05) is 0 Å². The molecule has 0 spiro atoms. The summed E-state index contributed by atoms with van der Waals surface area (Å²) in [5.74, 6) is 0.847. The minimum Gasteiger partial charge on any atom is -0.463 e. The summed E-state index contributed by atoms with van der Waals surface area (Å²) in [7, 11) is 5.51. The maximum Gasteiger partial charge on any atom is 0.168 e. The number of pyridine rings is 1. The average Bonchev–Trinajstić information content (AvgIpc) is 2.94. The second-order valence-electron chi connectivity index (χ2n) is 3.68. The third kappa shape index (κ3) is 3.42. The van der Waals surface area contributed by atoms with Gasteiger partial charge in [-0.3, -0.25) is 4.79 Å². The highest BCUT2D eigenvalue weighted by Gasteiger charge is 2.02. The molecular weight excluding hydrogens is 241 g/mol. The first kappa shape index (κ1) is 12.8. The lowest BCUT2D eigenvalue weighted by molar-refractivity contribution is -0.102. The Morgan fingerprint density at radius 2 is 2.26 bits per heavy atom.